The molecular weight excluding hydrogens is 288 g/mol. The van der Waals surface area contributed by atoms with Crippen molar-refractivity contribution in [3.05, 3.63) is 35.1 Å². The van der Waals surface area contributed by atoms with E-state index in [9.17, 15) is 0 Å². The van der Waals surface area contributed by atoms with Gasteiger partial charge in [-0.15, -0.1) is 0 Å². The molecule has 3 nitrogen and oxygen atoms in total. The zero-order valence-electron chi connectivity index (χ0n) is 13.9. The first-order valence-corrected chi connectivity index (χ1v) is 8.71. The van der Waals surface area contributed by atoms with Crippen LogP contribution in [0.2, 0.25) is 0 Å². The number of rotatable bonds is 2. The van der Waals surface area contributed by atoms with Crippen LogP contribution in [-0.4, -0.2) is 20.3 Å². The molecule has 5 atom stereocenters. The van der Waals surface area contributed by atoms with Crippen molar-refractivity contribution in [2.45, 2.75) is 44.1 Å². The molecule has 1 unspecified atom stereocenters. The lowest BCUT2D eigenvalue weighted by molar-refractivity contribution is 0.0128. The van der Waals surface area contributed by atoms with E-state index in [-0.39, 0.29) is 11.5 Å². The van der Waals surface area contributed by atoms with Crippen LogP contribution in [0.3, 0.4) is 0 Å². The van der Waals surface area contributed by atoms with Crippen molar-refractivity contribution < 1.29 is 14.2 Å². The van der Waals surface area contributed by atoms with Gasteiger partial charge in [-0.2, -0.15) is 0 Å². The first-order valence-electron chi connectivity index (χ1n) is 8.71. The number of benzene rings is 1. The van der Waals surface area contributed by atoms with E-state index in [1.54, 1.807) is 14.2 Å². The van der Waals surface area contributed by atoms with Gasteiger partial charge in [-0.25, -0.2) is 0 Å². The molecule has 2 fully saturated rings. The lowest BCUT2D eigenvalue weighted by Crippen LogP contribution is -2.54. The predicted molar refractivity (Wildman–Crippen MR) is 85.8 cm³/mol. The SMILES string of the molecule is COC1=CC[C@@]2(C)[C@@H]3CC34Cc3ccc(OC)c5c3[C@@]2(C4)[C@H]1O5. The van der Waals surface area contributed by atoms with Crippen LogP contribution >= 0.6 is 0 Å². The Morgan fingerprint density at radius 1 is 1.22 bits per heavy atom. The summed E-state index contributed by atoms with van der Waals surface area (Å²) in [6.45, 7) is 2.51. The summed E-state index contributed by atoms with van der Waals surface area (Å²) in [6, 6.07) is 4.38. The van der Waals surface area contributed by atoms with Gasteiger partial charge >= 0.3 is 0 Å². The summed E-state index contributed by atoms with van der Waals surface area (Å²) >= 11 is 0. The van der Waals surface area contributed by atoms with Crippen LogP contribution in [0.4, 0.5) is 0 Å². The van der Waals surface area contributed by atoms with Crippen LogP contribution in [0.5, 0.6) is 11.5 Å². The maximum atomic E-state index is 6.56. The highest BCUT2D eigenvalue weighted by Crippen LogP contribution is 2.85. The molecule has 0 radical (unpaired) electrons. The molecule has 0 N–H and O–H groups in total. The molecule has 6 rings (SSSR count). The number of hydrogen-bond donors (Lipinski definition) is 0. The number of methoxy groups -OCH3 is 2. The number of fused-ring (bicyclic) bond motifs is 1. The van der Waals surface area contributed by atoms with Gasteiger partial charge in [0.15, 0.2) is 17.6 Å². The van der Waals surface area contributed by atoms with Crippen molar-refractivity contribution in [2.24, 2.45) is 16.7 Å². The molecule has 4 aliphatic carbocycles. The average molecular weight is 310 g/mol. The summed E-state index contributed by atoms with van der Waals surface area (Å²) in [5, 5.41) is 0. The molecule has 0 amide bonds. The maximum absolute atomic E-state index is 6.56. The van der Waals surface area contributed by atoms with Crippen molar-refractivity contribution in [2.75, 3.05) is 14.2 Å². The fourth-order valence-corrected chi connectivity index (χ4v) is 7.02. The minimum atomic E-state index is 0.0290. The van der Waals surface area contributed by atoms with E-state index in [1.807, 2.05) is 0 Å². The molecular formula is C20H22O3. The van der Waals surface area contributed by atoms with E-state index in [0.717, 1.165) is 29.6 Å². The molecule has 120 valence electrons. The van der Waals surface area contributed by atoms with Crippen LogP contribution in [-0.2, 0) is 16.6 Å². The van der Waals surface area contributed by atoms with Gasteiger partial charge in [0.2, 0.25) is 0 Å². The number of allylic oxidation sites excluding steroid dienone is 1. The van der Waals surface area contributed by atoms with Crippen LogP contribution in [0.15, 0.2) is 24.0 Å². The van der Waals surface area contributed by atoms with Crippen molar-refractivity contribution in [3.63, 3.8) is 0 Å². The fourth-order valence-electron chi connectivity index (χ4n) is 7.02. The third-order valence-electron chi connectivity index (χ3n) is 7.93. The van der Waals surface area contributed by atoms with E-state index in [0.29, 0.717) is 10.8 Å². The molecule has 23 heavy (non-hydrogen) atoms. The van der Waals surface area contributed by atoms with Crippen LogP contribution < -0.4 is 9.47 Å². The summed E-state index contributed by atoms with van der Waals surface area (Å²) in [6.07, 6.45) is 7.31. The Balaban J connectivity index is 1.71. The Bertz CT molecular complexity index is 796. The largest absolute Gasteiger partial charge is 0.497 e. The number of ether oxygens (including phenoxy) is 3. The second-order valence-electron chi connectivity index (χ2n) is 8.51. The molecule has 1 aliphatic heterocycles. The van der Waals surface area contributed by atoms with Gasteiger partial charge in [0.25, 0.3) is 0 Å². The highest BCUT2D eigenvalue weighted by Gasteiger charge is 2.82. The van der Waals surface area contributed by atoms with Gasteiger partial charge in [-0.05, 0) is 60.1 Å². The minimum absolute atomic E-state index is 0.0290. The molecule has 2 saturated carbocycles. The first-order chi connectivity index (χ1) is 11.1. The Kier molecular flexibility index (Phi) is 1.88. The smallest absolute Gasteiger partial charge is 0.166 e. The van der Waals surface area contributed by atoms with Crippen LogP contribution in [0, 0.1) is 16.7 Å². The second kappa shape index (κ2) is 3.40. The molecule has 2 spiro atoms. The molecule has 1 aromatic carbocycles. The van der Waals surface area contributed by atoms with Crippen LogP contribution in [0.25, 0.3) is 0 Å². The van der Waals surface area contributed by atoms with E-state index in [4.69, 9.17) is 14.2 Å². The molecule has 3 heteroatoms. The average Bonchev–Trinajstić information content (AvgIpc) is 3.06. The first kappa shape index (κ1) is 12.7. The summed E-state index contributed by atoms with van der Waals surface area (Å²) < 4.78 is 18.0. The topological polar surface area (TPSA) is 27.7 Å². The van der Waals surface area contributed by atoms with Crippen molar-refractivity contribution in [1.82, 2.24) is 0 Å². The fraction of sp³-hybridized carbons (Fsp3) is 0.600. The van der Waals surface area contributed by atoms with Gasteiger partial charge < -0.3 is 14.2 Å². The number of hydrogen-bond acceptors (Lipinski definition) is 3. The standard InChI is InChI=1S/C20H22O3/c1-18-7-6-13(22-3)17-20(18)10-19(9-14(18)19)8-11-4-5-12(21-2)16(23-17)15(11)20/h4-6,14,17H,7-10H2,1-3H3/t14-,17-,18-,19?,20-/m0/s1. The zero-order chi connectivity index (χ0) is 15.6. The molecule has 5 aliphatic rings. The zero-order valence-corrected chi connectivity index (χ0v) is 13.9. The third kappa shape index (κ3) is 1.06. The molecule has 0 saturated heterocycles. The van der Waals surface area contributed by atoms with Gasteiger partial charge in [0.05, 0.1) is 19.6 Å². The van der Waals surface area contributed by atoms with Gasteiger partial charge in [0.1, 0.15) is 5.76 Å². The minimum Gasteiger partial charge on any atom is -0.497 e. The monoisotopic (exact) mass is 310 g/mol. The molecule has 1 aromatic rings. The lowest BCUT2D eigenvalue weighted by atomic mass is 9.52. The molecule has 1 heterocycles. The highest BCUT2D eigenvalue weighted by molar-refractivity contribution is 5.65. The van der Waals surface area contributed by atoms with E-state index >= 15 is 0 Å². The second-order valence-corrected chi connectivity index (χ2v) is 8.51. The van der Waals surface area contributed by atoms with E-state index in [1.165, 1.54) is 30.4 Å². The van der Waals surface area contributed by atoms with E-state index in [2.05, 4.69) is 25.1 Å². The Morgan fingerprint density at radius 3 is 2.87 bits per heavy atom. The summed E-state index contributed by atoms with van der Waals surface area (Å²) in [5.74, 6) is 3.72. The summed E-state index contributed by atoms with van der Waals surface area (Å²) in [5.41, 5.74) is 3.86. The van der Waals surface area contributed by atoms with Crippen molar-refractivity contribution in [1.29, 1.82) is 0 Å². The van der Waals surface area contributed by atoms with Gasteiger partial charge in [-0.1, -0.05) is 13.0 Å². The highest BCUT2D eigenvalue weighted by atomic mass is 16.6. The lowest BCUT2D eigenvalue weighted by Gasteiger charge is -2.50. The summed E-state index contributed by atoms with van der Waals surface area (Å²) in [7, 11) is 3.52. The summed E-state index contributed by atoms with van der Waals surface area (Å²) in [4.78, 5) is 0. The van der Waals surface area contributed by atoms with Gasteiger partial charge in [0, 0.05) is 5.56 Å². The normalized spacial score (nSPS) is 46.5. The van der Waals surface area contributed by atoms with Gasteiger partial charge in [-0.3, -0.25) is 0 Å². The Hall–Kier alpha value is -1.64. The van der Waals surface area contributed by atoms with E-state index < -0.39 is 0 Å². The van der Waals surface area contributed by atoms with Crippen molar-refractivity contribution in [3.8, 4) is 11.5 Å². The predicted octanol–water partition coefficient (Wildman–Crippen LogP) is 3.60. The molecule has 2 bridgehead atoms. The Labute approximate surface area is 136 Å². The van der Waals surface area contributed by atoms with Crippen LogP contribution in [0.1, 0.15) is 37.3 Å². The maximum Gasteiger partial charge on any atom is 0.166 e. The molecule has 0 aromatic heterocycles. The third-order valence-corrected chi connectivity index (χ3v) is 7.93. The Morgan fingerprint density at radius 2 is 2.09 bits per heavy atom. The quantitative estimate of drug-likeness (QED) is 0.835. The van der Waals surface area contributed by atoms with Crippen molar-refractivity contribution >= 4 is 0 Å².